The summed E-state index contributed by atoms with van der Waals surface area (Å²) in [6.45, 7) is 3.22. The summed E-state index contributed by atoms with van der Waals surface area (Å²) in [7, 11) is 1.61. The zero-order valence-electron chi connectivity index (χ0n) is 16.2. The molecule has 0 unspecified atom stereocenters. The lowest BCUT2D eigenvalue weighted by Gasteiger charge is -2.51. The van der Waals surface area contributed by atoms with E-state index in [0.717, 1.165) is 37.4 Å². The molecular weight excluding hydrogens is 358 g/mol. The van der Waals surface area contributed by atoms with Gasteiger partial charge in [-0.15, -0.1) is 0 Å². The highest BCUT2D eigenvalue weighted by Crippen LogP contribution is 2.48. The maximum atomic E-state index is 13.0. The van der Waals surface area contributed by atoms with Crippen molar-refractivity contribution in [3.63, 3.8) is 0 Å². The summed E-state index contributed by atoms with van der Waals surface area (Å²) in [6, 6.07) is 6.81. The molecular formula is C21H27N3O4. The number of nitrogens with one attached hydrogen (secondary N) is 1. The van der Waals surface area contributed by atoms with Crippen LogP contribution >= 0.6 is 0 Å². The molecule has 0 saturated carbocycles. The molecule has 2 amide bonds. The molecule has 150 valence electrons. The van der Waals surface area contributed by atoms with Crippen molar-refractivity contribution >= 4 is 11.8 Å². The third-order valence-electron chi connectivity index (χ3n) is 6.98. The fourth-order valence-electron chi connectivity index (χ4n) is 5.63. The molecule has 0 aliphatic carbocycles. The Bertz CT molecular complexity index is 790. The Labute approximate surface area is 165 Å². The van der Waals surface area contributed by atoms with Crippen molar-refractivity contribution in [2.24, 2.45) is 5.92 Å². The van der Waals surface area contributed by atoms with Crippen LogP contribution in [0.15, 0.2) is 18.2 Å². The Morgan fingerprint density at radius 1 is 1.11 bits per heavy atom. The van der Waals surface area contributed by atoms with Gasteiger partial charge in [0.1, 0.15) is 0 Å². The number of hydrogen-bond acceptors (Lipinski definition) is 5. The van der Waals surface area contributed by atoms with E-state index in [9.17, 15) is 9.59 Å². The van der Waals surface area contributed by atoms with Gasteiger partial charge < -0.3 is 19.7 Å². The molecule has 1 aromatic carbocycles. The summed E-state index contributed by atoms with van der Waals surface area (Å²) in [5.41, 5.74) is 1.22. The van der Waals surface area contributed by atoms with Gasteiger partial charge in [-0.2, -0.15) is 0 Å². The highest BCUT2D eigenvalue weighted by molar-refractivity contribution is 5.84. The van der Waals surface area contributed by atoms with Crippen LogP contribution in [0.1, 0.15) is 37.2 Å². The molecule has 4 saturated heterocycles. The van der Waals surface area contributed by atoms with Crippen LogP contribution in [0.3, 0.4) is 0 Å². The number of hydrogen-bond donors (Lipinski definition) is 1. The third kappa shape index (κ3) is 2.83. The molecule has 5 aliphatic heterocycles. The van der Waals surface area contributed by atoms with Gasteiger partial charge in [-0.25, -0.2) is 0 Å². The second-order valence-corrected chi connectivity index (χ2v) is 8.29. The fraction of sp³-hybridized carbons (Fsp3) is 0.619. The predicted octanol–water partition coefficient (Wildman–Crippen LogP) is 1.33. The Morgan fingerprint density at radius 2 is 1.89 bits per heavy atom. The number of fused-ring (bicyclic) bond motifs is 3. The molecule has 5 aliphatic rings. The minimum absolute atomic E-state index is 0.0784. The van der Waals surface area contributed by atoms with Crippen molar-refractivity contribution in [3.05, 3.63) is 23.8 Å². The second-order valence-electron chi connectivity index (χ2n) is 8.29. The lowest BCUT2D eigenvalue weighted by atomic mass is 9.75. The minimum atomic E-state index is -0.0784. The molecule has 0 aromatic heterocycles. The smallest absolute Gasteiger partial charge is 0.231 e. The number of carbonyl (C=O) groups is 2. The third-order valence-corrected chi connectivity index (χ3v) is 6.98. The Kier molecular flexibility index (Phi) is 4.42. The quantitative estimate of drug-likeness (QED) is 0.847. The topological polar surface area (TPSA) is 71.1 Å². The van der Waals surface area contributed by atoms with E-state index in [1.54, 1.807) is 7.05 Å². The standard InChI is InChI=1S/C21H27N3O4/c1-22-18(25)4-5-19(26)24-11-15(14-2-3-16-17(10-14)28-12-27-16)21-20(24)13-6-8-23(21)9-7-13/h2-3,10,13,15,20-21H,4-9,11-12H2,1H3,(H,22,25)/t15-,20+,21+/m0/s1. The van der Waals surface area contributed by atoms with Crippen LogP contribution in [0.25, 0.3) is 0 Å². The molecule has 0 radical (unpaired) electrons. The number of likely N-dealkylation sites (tertiary alicyclic amines) is 1. The summed E-state index contributed by atoms with van der Waals surface area (Å²) in [4.78, 5) is 29.3. The van der Waals surface area contributed by atoms with Gasteiger partial charge in [0.05, 0.1) is 6.04 Å². The Hall–Kier alpha value is -2.28. The number of rotatable bonds is 4. The van der Waals surface area contributed by atoms with E-state index < -0.39 is 0 Å². The van der Waals surface area contributed by atoms with Crippen LogP contribution in [0.5, 0.6) is 11.5 Å². The molecule has 1 N–H and O–H groups in total. The van der Waals surface area contributed by atoms with Crippen molar-refractivity contribution in [1.29, 1.82) is 0 Å². The molecule has 5 heterocycles. The number of amides is 2. The maximum absolute atomic E-state index is 13.0. The number of ether oxygens (including phenoxy) is 2. The number of nitrogens with zero attached hydrogens (tertiary/aromatic N) is 2. The Balaban J connectivity index is 1.42. The number of carbonyl (C=O) groups excluding carboxylic acids is 2. The van der Waals surface area contributed by atoms with Crippen molar-refractivity contribution in [2.75, 3.05) is 33.5 Å². The van der Waals surface area contributed by atoms with Gasteiger partial charge >= 0.3 is 0 Å². The van der Waals surface area contributed by atoms with E-state index >= 15 is 0 Å². The maximum Gasteiger partial charge on any atom is 0.231 e. The van der Waals surface area contributed by atoms with Gasteiger partial charge in [0.25, 0.3) is 0 Å². The van der Waals surface area contributed by atoms with Crippen molar-refractivity contribution < 1.29 is 19.1 Å². The van der Waals surface area contributed by atoms with E-state index in [0.29, 0.717) is 18.5 Å². The van der Waals surface area contributed by atoms with Crippen LogP contribution in [-0.2, 0) is 9.59 Å². The van der Waals surface area contributed by atoms with Crippen molar-refractivity contribution in [2.45, 2.75) is 43.7 Å². The highest BCUT2D eigenvalue weighted by atomic mass is 16.7. The number of benzene rings is 1. The van der Waals surface area contributed by atoms with Crippen molar-refractivity contribution in [1.82, 2.24) is 15.1 Å². The largest absolute Gasteiger partial charge is 0.454 e. The average Bonchev–Trinajstić information content (AvgIpc) is 3.37. The molecule has 28 heavy (non-hydrogen) atoms. The molecule has 7 nitrogen and oxygen atoms in total. The molecule has 4 fully saturated rings. The molecule has 0 spiro atoms. The molecule has 2 bridgehead atoms. The van der Waals surface area contributed by atoms with Crippen LogP contribution in [0, 0.1) is 5.92 Å². The lowest BCUT2D eigenvalue weighted by Crippen LogP contribution is -2.60. The van der Waals surface area contributed by atoms with Gasteiger partial charge in [-0.1, -0.05) is 6.07 Å². The summed E-state index contributed by atoms with van der Waals surface area (Å²) in [5, 5.41) is 2.61. The van der Waals surface area contributed by atoms with Crippen LogP contribution < -0.4 is 14.8 Å². The molecule has 3 atom stereocenters. The molecule has 1 aromatic rings. The first-order valence-electron chi connectivity index (χ1n) is 10.3. The summed E-state index contributed by atoms with van der Waals surface area (Å²) >= 11 is 0. The molecule has 6 rings (SSSR count). The minimum Gasteiger partial charge on any atom is -0.454 e. The van der Waals surface area contributed by atoms with E-state index in [2.05, 4.69) is 27.2 Å². The van der Waals surface area contributed by atoms with Crippen molar-refractivity contribution in [3.8, 4) is 11.5 Å². The fourth-order valence-corrected chi connectivity index (χ4v) is 5.63. The predicted molar refractivity (Wildman–Crippen MR) is 102 cm³/mol. The first kappa shape index (κ1) is 17.8. The SMILES string of the molecule is CNC(=O)CCC(=O)N1C[C@@H](c2ccc3c(c2)OCO3)[C@@H]2[C@H]1C1CCN2CC1. The van der Waals surface area contributed by atoms with Gasteiger partial charge in [0.2, 0.25) is 18.6 Å². The van der Waals surface area contributed by atoms with E-state index in [1.807, 2.05) is 6.07 Å². The van der Waals surface area contributed by atoms with Gasteiger partial charge in [-0.3, -0.25) is 14.5 Å². The Morgan fingerprint density at radius 3 is 2.68 bits per heavy atom. The van der Waals surface area contributed by atoms with Gasteiger partial charge in [0.15, 0.2) is 11.5 Å². The first-order valence-corrected chi connectivity index (χ1v) is 10.3. The van der Waals surface area contributed by atoms with E-state index in [1.165, 1.54) is 5.56 Å². The molecule has 7 heteroatoms. The lowest BCUT2D eigenvalue weighted by molar-refractivity contribution is -0.137. The van der Waals surface area contributed by atoms with E-state index in [4.69, 9.17) is 9.47 Å². The van der Waals surface area contributed by atoms with Gasteiger partial charge in [0, 0.05) is 38.4 Å². The van der Waals surface area contributed by atoms with Crippen LogP contribution in [-0.4, -0.2) is 67.2 Å². The summed E-state index contributed by atoms with van der Waals surface area (Å²) < 4.78 is 11.0. The van der Waals surface area contributed by atoms with Crippen LogP contribution in [0.2, 0.25) is 0 Å². The zero-order valence-corrected chi connectivity index (χ0v) is 16.2. The van der Waals surface area contributed by atoms with Crippen LogP contribution in [0.4, 0.5) is 0 Å². The second kappa shape index (κ2) is 6.95. The number of piperidine rings is 3. The summed E-state index contributed by atoms with van der Waals surface area (Å²) in [5.74, 6) is 2.46. The monoisotopic (exact) mass is 385 g/mol. The highest BCUT2D eigenvalue weighted by Gasteiger charge is 2.54. The zero-order chi connectivity index (χ0) is 19.3. The van der Waals surface area contributed by atoms with Gasteiger partial charge in [-0.05, 0) is 49.5 Å². The normalized spacial score (nSPS) is 32.3. The average molecular weight is 385 g/mol. The van der Waals surface area contributed by atoms with E-state index in [-0.39, 0.29) is 43.4 Å². The summed E-state index contributed by atoms with van der Waals surface area (Å²) in [6.07, 6.45) is 2.86. The first-order chi connectivity index (χ1) is 13.7.